The van der Waals surface area contributed by atoms with E-state index in [1.807, 2.05) is 32.0 Å². The van der Waals surface area contributed by atoms with Crippen LogP contribution in [0.3, 0.4) is 0 Å². The van der Waals surface area contributed by atoms with Gasteiger partial charge in [-0.1, -0.05) is 44.2 Å². The van der Waals surface area contributed by atoms with Gasteiger partial charge in [-0.05, 0) is 45.6 Å². The molecule has 0 N–H and O–H groups in total. The van der Waals surface area contributed by atoms with Gasteiger partial charge in [0.15, 0.2) is 0 Å². The summed E-state index contributed by atoms with van der Waals surface area (Å²) >= 11 is 0. The quantitative estimate of drug-likeness (QED) is 0.538. The highest BCUT2D eigenvalue weighted by atomic mass is 17.2. The maximum Gasteiger partial charge on any atom is 0.123 e. The van der Waals surface area contributed by atoms with Crippen LogP contribution in [0.4, 0.5) is 0 Å². The largest absolute Gasteiger partial charge is 0.230 e. The van der Waals surface area contributed by atoms with Crippen molar-refractivity contribution in [2.45, 2.75) is 59.2 Å². The van der Waals surface area contributed by atoms with Crippen LogP contribution in [0.5, 0.6) is 0 Å². The topological polar surface area (TPSA) is 18.5 Å². The van der Waals surface area contributed by atoms with Gasteiger partial charge in [-0.3, -0.25) is 0 Å². The van der Waals surface area contributed by atoms with Crippen molar-refractivity contribution >= 4 is 0 Å². The Kier molecular flexibility index (Phi) is 4.94. The van der Waals surface area contributed by atoms with Crippen LogP contribution >= 0.6 is 0 Å². The van der Waals surface area contributed by atoms with Gasteiger partial charge in [-0.2, -0.15) is 0 Å². The second-order valence-corrected chi connectivity index (χ2v) is 6.40. The molecule has 2 nitrogen and oxygen atoms in total. The summed E-state index contributed by atoms with van der Waals surface area (Å²) in [5.41, 5.74) is 0.417. The molecule has 0 fully saturated rings. The van der Waals surface area contributed by atoms with Crippen LogP contribution < -0.4 is 0 Å². The molecule has 18 heavy (non-hydrogen) atoms. The molecule has 0 spiro atoms. The SMILES string of the molecule is CC(C)CC(C)(C)OOC(C)(C)c1ccccc1. The molecule has 1 aromatic carbocycles. The van der Waals surface area contributed by atoms with Crippen LogP contribution in [-0.4, -0.2) is 5.60 Å². The molecule has 0 aliphatic rings. The highest BCUT2D eigenvalue weighted by Crippen LogP contribution is 2.29. The molecule has 0 amide bonds. The van der Waals surface area contributed by atoms with E-state index in [0.29, 0.717) is 5.92 Å². The van der Waals surface area contributed by atoms with E-state index in [-0.39, 0.29) is 5.60 Å². The van der Waals surface area contributed by atoms with Gasteiger partial charge in [0.1, 0.15) is 5.60 Å². The van der Waals surface area contributed by atoms with Crippen molar-refractivity contribution < 1.29 is 9.78 Å². The molecular formula is C16H26O2. The summed E-state index contributed by atoms with van der Waals surface area (Å²) in [6.45, 7) is 12.5. The minimum Gasteiger partial charge on any atom is -0.230 e. The Bertz CT molecular complexity index is 353. The van der Waals surface area contributed by atoms with Crippen molar-refractivity contribution in [3.05, 3.63) is 35.9 Å². The van der Waals surface area contributed by atoms with Crippen molar-refractivity contribution in [1.29, 1.82) is 0 Å². The fourth-order valence-corrected chi connectivity index (χ4v) is 2.12. The lowest BCUT2D eigenvalue weighted by Gasteiger charge is -2.31. The van der Waals surface area contributed by atoms with E-state index in [9.17, 15) is 0 Å². The highest BCUT2D eigenvalue weighted by molar-refractivity contribution is 5.20. The maximum absolute atomic E-state index is 5.68. The van der Waals surface area contributed by atoms with Gasteiger partial charge in [0.25, 0.3) is 0 Å². The zero-order chi connectivity index (χ0) is 13.8. The lowest BCUT2D eigenvalue weighted by molar-refractivity contribution is -0.407. The molecule has 0 unspecified atom stereocenters. The molecule has 0 radical (unpaired) electrons. The third-order valence-corrected chi connectivity index (χ3v) is 2.84. The molecule has 1 aromatic rings. The Morgan fingerprint density at radius 1 is 0.944 bits per heavy atom. The summed E-state index contributed by atoms with van der Waals surface area (Å²) in [6.07, 6.45) is 0.970. The number of benzene rings is 1. The smallest absolute Gasteiger partial charge is 0.123 e. The fourth-order valence-electron chi connectivity index (χ4n) is 2.12. The van der Waals surface area contributed by atoms with E-state index < -0.39 is 5.60 Å². The van der Waals surface area contributed by atoms with E-state index in [1.54, 1.807) is 0 Å². The lowest BCUT2D eigenvalue weighted by Crippen LogP contribution is -2.32. The number of rotatable bonds is 6. The van der Waals surface area contributed by atoms with Crippen molar-refractivity contribution in [2.24, 2.45) is 5.92 Å². The molecule has 0 bridgehead atoms. The molecule has 2 heteroatoms. The van der Waals surface area contributed by atoms with Crippen LogP contribution in [0.2, 0.25) is 0 Å². The van der Waals surface area contributed by atoms with Crippen molar-refractivity contribution in [3.63, 3.8) is 0 Å². The van der Waals surface area contributed by atoms with Crippen LogP contribution in [-0.2, 0) is 15.4 Å². The van der Waals surface area contributed by atoms with Crippen molar-refractivity contribution in [3.8, 4) is 0 Å². The van der Waals surface area contributed by atoms with Gasteiger partial charge in [0.2, 0.25) is 0 Å². The predicted octanol–water partition coefficient (Wildman–Crippen LogP) is 4.69. The Morgan fingerprint density at radius 2 is 1.50 bits per heavy atom. The molecule has 102 valence electrons. The van der Waals surface area contributed by atoms with E-state index in [4.69, 9.17) is 9.78 Å². The van der Waals surface area contributed by atoms with Crippen molar-refractivity contribution in [2.75, 3.05) is 0 Å². The molecule has 0 saturated carbocycles. The predicted molar refractivity (Wildman–Crippen MR) is 75.2 cm³/mol. The monoisotopic (exact) mass is 250 g/mol. The highest BCUT2D eigenvalue weighted by Gasteiger charge is 2.28. The van der Waals surface area contributed by atoms with Crippen LogP contribution in [0.15, 0.2) is 30.3 Å². The van der Waals surface area contributed by atoms with Gasteiger partial charge in [-0.15, -0.1) is 0 Å². The van der Waals surface area contributed by atoms with Crippen LogP contribution in [0.1, 0.15) is 53.5 Å². The number of hydrogen-bond donors (Lipinski definition) is 0. The maximum atomic E-state index is 5.68. The minimum absolute atomic E-state index is 0.264. The number of hydrogen-bond acceptors (Lipinski definition) is 2. The van der Waals surface area contributed by atoms with Gasteiger partial charge in [-0.25, -0.2) is 9.78 Å². The van der Waals surface area contributed by atoms with E-state index in [2.05, 4.69) is 39.8 Å². The average molecular weight is 250 g/mol. The first-order valence-corrected chi connectivity index (χ1v) is 6.65. The molecule has 0 heterocycles. The van der Waals surface area contributed by atoms with Gasteiger partial charge in [0, 0.05) is 0 Å². The first kappa shape index (κ1) is 15.2. The Labute approximate surface area is 111 Å². The Hall–Kier alpha value is -0.860. The van der Waals surface area contributed by atoms with Gasteiger partial charge in [0.05, 0.1) is 5.60 Å². The molecule has 0 aliphatic heterocycles. The normalized spacial score (nSPS) is 13.1. The van der Waals surface area contributed by atoms with Gasteiger partial charge < -0.3 is 0 Å². The third kappa shape index (κ3) is 4.79. The standard InChI is InChI=1S/C16H26O2/c1-13(2)12-15(3,4)17-18-16(5,6)14-10-8-7-9-11-14/h7-11,13H,12H2,1-6H3. The Morgan fingerprint density at radius 3 is 2.00 bits per heavy atom. The molecule has 0 aromatic heterocycles. The molecule has 1 rings (SSSR count). The summed E-state index contributed by atoms with van der Waals surface area (Å²) in [4.78, 5) is 11.3. The van der Waals surface area contributed by atoms with E-state index in [0.717, 1.165) is 12.0 Å². The Balaban J connectivity index is 2.62. The van der Waals surface area contributed by atoms with Crippen molar-refractivity contribution in [1.82, 2.24) is 0 Å². The van der Waals surface area contributed by atoms with Gasteiger partial charge >= 0.3 is 0 Å². The first-order chi connectivity index (χ1) is 8.23. The second-order valence-electron chi connectivity index (χ2n) is 6.40. The fraction of sp³-hybridized carbons (Fsp3) is 0.625. The molecule has 0 saturated heterocycles. The van der Waals surface area contributed by atoms with Crippen LogP contribution in [0, 0.1) is 5.92 Å². The summed E-state index contributed by atoms with van der Waals surface area (Å²) < 4.78 is 0. The van der Waals surface area contributed by atoms with E-state index in [1.165, 1.54) is 0 Å². The minimum atomic E-state index is -0.435. The lowest BCUT2D eigenvalue weighted by atomic mass is 9.96. The third-order valence-electron chi connectivity index (χ3n) is 2.84. The summed E-state index contributed by atoms with van der Waals surface area (Å²) in [5, 5.41) is 0. The molecule has 0 atom stereocenters. The van der Waals surface area contributed by atoms with E-state index >= 15 is 0 Å². The zero-order valence-electron chi connectivity index (χ0n) is 12.5. The first-order valence-electron chi connectivity index (χ1n) is 6.65. The summed E-state index contributed by atoms with van der Waals surface area (Å²) in [7, 11) is 0. The van der Waals surface area contributed by atoms with Crippen LogP contribution in [0.25, 0.3) is 0 Å². The molecule has 0 aliphatic carbocycles. The summed E-state index contributed by atoms with van der Waals surface area (Å²) in [6, 6.07) is 10.1. The average Bonchev–Trinajstić information content (AvgIpc) is 2.26. The zero-order valence-corrected chi connectivity index (χ0v) is 12.5. The summed E-state index contributed by atoms with van der Waals surface area (Å²) in [5.74, 6) is 0.587. The second kappa shape index (κ2) is 5.85. The molecular weight excluding hydrogens is 224 g/mol.